The number of aromatic carboxylic acids is 1. The van der Waals surface area contributed by atoms with Gasteiger partial charge in [-0.25, -0.2) is 4.79 Å². The Morgan fingerprint density at radius 2 is 1.65 bits per heavy atom. The molecule has 0 saturated heterocycles. The number of nitrogens with one attached hydrogen (secondary N) is 1. The molecule has 0 radical (unpaired) electrons. The first-order valence-electron chi connectivity index (χ1n) is 6.19. The quantitative estimate of drug-likeness (QED) is 0.840. The molecule has 0 aliphatic rings. The molecule has 0 aromatic heterocycles. The van der Waals surface area contributed by atoms with Crippen molar-refractivity contribution in [2.24, 2.45) is 0 Å². The molecule has 6 nitrogen and oxygen atoms in total. The van der Waals surface area contributed by atoms with Crippen LogP contribution in [0.2, 0.25) is 0 Å². The second-order valence-electron chi connectivity index (χ2n) is 4.77. The van der Waals surface area contributed by atoms with Crippen molar-refractivity contribution in [3.63, 3.8) is 0 Å². The average molecular weight is 278 g/mol. The molecule has 108 valence electrons. The molecule has 0 aliphatic heterocycles. The molecule has 1 rings (SSSR count). The summed E-state index contributed by atoms with van der Waals surface area (Å²) < 4.78 is 0. The fourth-order valence-corrected chi connectivity index (χ4v) is 1.63. The van der Waals surface area contributed by atoms with E-state index in [1.807, 2.05) is 13.8 Å². The van der Waals surface area contributed by atoms with Crippen LogP contribution in [0, 0.1) is 0 Å². The SMILES string of the molecule is CC(C)NC(=O)CN(C)C(=O)c1ccc(C(=O)O)cc1. The Morgan fingerprint density at radius 3 is 2.10 bits per heavy atom. The maximum atomic E-state index is 12.0. The molecule has 0 spiro atoms. The van der Waals surface area contributed by atoms with Gasteiger partial charge in [0.2, 0.25) is 5.91 Å². The van der Waals surface area contributed by atoms with Crippen LogP contribution in [-0.4, -0.2) is 47.4 Å². The molecule has 0 atom stereocenters. The summed E-state index contributed by atoms with van der Waals surface area (Å²) in [5, 5.41) is 11.5. The van der Waals surface area contributed by atoms with E-state index in [0.29, 0.717) is 5.56 Å². The van der Waals surface area contributed by atoms with Gasteiger partial charge in [0.15, 0.2) is 0 Å². The lowest BCUT2D eigenvalue weighted by Crippen LogP contribution is -2.40. The highest BCUT2D eigenvalue weighted by Gasteiger charge is 2.15. The summed E-state index contributed by atoms with van der Waals surface area (Å²) in [7, 11) is 1.52. The number of carboxylic acids is 1. The number of likely N-dealkylation sites (N-methyl/N-ethyl adjacent to an activating group) is 1. The van der Waals surface area contributed by atoms with E-state index in [1.54, 1.807) is 0 Å². The Kier molecular flexibility index (Phi) is 5.25. The summed E-state index contributed by atoms with van der Waals surface area (Å²) in [6.07, 6.45) is 0. The molecule has 2 N–H and O–H groups in total. The standard InChI is InChI=1S/C14H18N2O4/c1-9(2)15-12(17)8-16(3)13(18)10-4-6-11(7-5-10)14(19)20/h4-7,9H,8H2,1-3H3,(H,15,17)(H,19,20). The fraction of sp³-hybridized carbons (Fsp3) is 0.357. The predicted octanol–water partition coefficient (Wildman–Crippen LogP) is 0.981. The summed E-state index contributed by atoms with van der Waals surface area (Å²) in [6.45, 7) is 3.63. The topological polar surface area (TPSA) is 86.7 Å². The van der Waals surface area contributed by atoms with Crippen LogP contribution in [-0.2, 0) is 4.79 Å². The summed E-state index contributed by atoms with van der Waals surface area (Å²) in [5.74, 6) is -1.62. The number of carbonyl (C=O) groups excluding carboxylic acids is 2. The van der Waals surface area contributed by atoms with Gasteiger partial charge in [-0.2, -0.15) is 0 Å². The molecule has 0 aliphatic carbocycles. The average Bonchev–Trinajstić information content (AvgIpc) is 2.36. The first-order chi connectivity index (χ1) is 9.31. The highest BCUT2D eigenvalue weighted by Crippen LogP contribution is 2.07. The van der Waals surface area contributed by atoms with Crippen LogP contribution in [0.1, 0.15) is 34.6 Å². The fourth-order valence-electron chi connectivity index (χ4n) is 1.63. The van der Waals surface area contributed by atoms with Crippen molar-refractivity contribution in [3.05, 3.63) is 35.4 Å². The van der Waals surface area contributed by atoms with E-state index in [1.165, 1.54) is 36.2 Å². The van der Waals surface area contributed by atoms with Crippen LogP contribution in [0.25, 0.3) is 0 Å². The summed E-state index contributed by atoms with van der Waals surface area (Å²) in [5.41, 5.74) is 0.455. The maximum absolute atomic E-state index is 12.0. The molecule has 2 amide bonds. The molecule has 0 heterocycles. The minimum atomic E-state index is -1.05. The molecular formula is C14H18N2O4. The first kappa shape index (κ1) is 15.7. The Balaban J connectivity index is 2.69. The largest absolute Gasteiger partial charge is 0.478 e. The number of hydrogen-bond donors (Lipinski definition) is 2. The highest BCUT2D eigenvalue weighted by atomic mass is 16.4. The van der Waals surface area contributed by atoms with Crippen molar-refractivity contribution in [2.45, 2.75) is 19.9 Å². The van der Waals surface area contributed by atoms with Gasteiger partial charge in [0.1, 0.15) is 0 Å². The lowest BCUT2D eigenvalue weighted by atomic mass is 10.1. The number of carboxylic acid groups (broad SMARTS) is 1. The maximum Gasteiger partial charge on any atom is 0.335 e. The second-order valence-corrected chi connectivity index (χ2v) is 4.77. The van der Waals surface area contributed by atoms with Gasteiger partial charge in [-0.05, 0) is 38.1 Å². The molecule has 0 saturated carbocycles. The van der Waals surface area contributed by atoms with Crippen LogP contribution in [0.5, 0.6) is 0 Å². The van der Waals surface area contributed by atoms with Gasteiger partial charge in [-0.15, -0.1) is 0 Å². The number of rotatable bonds is 5. The molecule has 0 bridgehead atoms. The van der Waals surface area contributed by atoms with Crippen molar-refractivity contribution in [1.82, 2.24) is 10.2 Å². The van der Waals surface area contributed by atoms with Crippen LogP contribution < -0.4 is 5.32 Å². The second kappa shape index (κ2) is 6.70. The monoisotopic (exact) mass is 278 g/mol. The smallest absolute Gasteiger partial charge is 0.335 e. The molecule has 0 unspecified atom stereocenters. The lowest BCUT2D eigenvalue weighted by Gasteiger charge is -2.18. The zero-order valence-electron chi connectivity index (χ0n) is 11.7. The Morgan fingerprint density at radius 1 is 1.15 bits per heavy atom. The van der Waals surface area contributed by atoms with Gasteiger partial charge in [0, 0.05) is 18.7 Å². The van der Waals surface area contributed by atoms with Gasteiger partial charge >= 0.3 is 5.97 Å². The molecule has 1 aromatic rings. The predicted molar refractivity (Wildman–Crippen MR) is 73.6 cm³/mol. The number of nitrogens with zero attached hydrogens (tertiary/aromatic N) is 1. The van der Waals surface area contributed by atoms with Crippen molar-refractivity contribution >= 4 is 17.8 Å². The highest BCUT2D eigenvalue weighted by molar-refractivity contribution is 5.97. The molecule has 0 fully saturated rings. The van der Waals surface area contributed by atoms with E-state index >= 15 is 0 Å². The number of carbonyl (C=O) groups is 3. The molecular weight excluding hydrogens is 260 g/mol. The number of benzene rings is 1. The van der Waals surface area contributed by atoms with Gasteiger partial charge in [-0.1, -0.05) is 0 Å². The zero-order chi connectivity index (χ0) is 15.3. The van der Waals surface area contributed by atoms with Crippen molar-refractivity contribution in [1.29, 1.82) is 0 Å². The third kappa shape index (κ3) is 4.38. The number of hydrogen-bond acceptors (Lipinski definition) is 3. The molecule has 6 heteroatoms. The van der Waals surface area contributed by atoms with Gasteiger partial charge in [0.25, 0.3) is 5.91 Å². The molecule has 1 aromatic carbocycles. The summed E-state index contributed by atoms with van der Waals surface area (Å²) >= 11 is 0. The van der Waals surface area contributed by atoms with E-state index in [0.717, 1.165) is 0 Å². The Bertz CT molecular complexity index is 508. The summed E-state index contributed by atoms with van der Waals surface area (Å²) in [4.78, 5) is 35.6. The van der Waals surface area contributed by atoms with E-state index in [-0.39, 0.29) is 30.0 Å². The van der Waals surface area contributed by atoms with E-state index < -0.39 is 5.97 Å². The van der Waals surface area contributed by atoms with Gasteiger partial charge in [-0.3, -0.25) is 9.59 Å². The normalized spacial score (nSPS) is 10.2. The minimum absolute atomic E-state index is 0.0147. The first-order valence-corrected chi connectivity index (χ1v) is 6.19. The van der Waals surface area contributed by atoms with E-state index in [4.69, 9.17) is 5.11 Å². The van der Waals surface area contributed by atoms with Crippen LogP contribution in [0.15, 0.2) is 24.3 Å². The Hall–Kier alpha value is -2.37. The van der Waals surface area contributed by atoms with Crippen LogP contribution in [0.3, 0.4) is 0 Å². The van der Waals surface area contributed by atoms with Gasteiger partial charge in [0.05, 0.1) is 12.1 Å². The molecule has 20 heavy (non-hydrogen) atoms. The van der Waals surface area contributed by atoms with E-state index in [2.05, 4.69) is 5.32 Å². The summed E-state index contributed by atoms with van der Waals surface area (Å²) in [6, 6.07) is 5.60. The van der Waals surface area contributed by atoms with Crippen LogP contribution in [0.4, 0.5) is 0 Å². The van der Waals surface area contributed by atoms with E-state index in [9.17, 15) is 14.4 Å². The van der Waals surface area contributed by atoms with Crippen LogP contribution >= 0.6 is 0 Å². The van der Waals surface area contributed by atoms with Crippen molar-refractivity contribution in [2.75, 3.05) is 13.6 Å². The zero-order valence-corrected chi connectivity index (χ0v) is 11.7. The number of amides is 2. The third-order valence-corrected chi connectivity index (χ3v) is 2.56. The third-order valence-electron chi connectivity index (χ3n) is 2.56. The minimum Gasteiger partial charge on any atom is -0.478 e. The van der Waals surface area contributed by atoms with Gasteiger partial charge < -0.3 is 15.3 Å². The van der Waals surface area contributed by atoms with Crippen molar-refractivity contribution in [3.8, 4) is 0 Å². The van der Waals surface area contributed by atoms with Crippen molar-refractivity contribution < 1.29 is 19.5 Å². The Labute approximate surface area is 117 Å². The lowest BCUT2D eigenvalue weighted by molar-refractivity contribution is -0.122.